The molecule has 0 fully saturated rings. The molecule has 5 nitrogen and oxygen atoms in total. The van der Waals surface area contributed by atoms with Gasteiger partial charge in [-0.15, -0.1) is 0 Å². The lowest BCUT2D eigenvalue weighted by Gasteiger charge is -2.30. The van der Waals surface area contributed by atoms with Crippen LogP contribution in [0.1, 0.15) is 27.1 Å². The van der Waals surface area contributed by atoms with Crippen LogP contribution in [0.3, 0.4) is 0 Å². The fraction of sp³-hybridized carbons (Fsp3) is 0.429. The van der Waals surface area contributed by atoms with Crippen LogP contribution in [0.4, 0.5) is 0 Å². The Bertz CT molecular complexity index is 484. The van der Waals surface area contributed by atoms with Gasteiger partial charge in [0.15, 0.2) is 5.79 Å². The summed E-state index contributed by atoms with van der Waals surface area (Å²) in [4.78, 5) is 25.6. The van der Waals surface area contributed by atoms with Gasteiger partial charge in [0.05, 0.1) is 16.5 Å². The Balaban J connectivity index is 2.13. The first-order valence-corrected chi connectivity index (χ1v) is 7.32. The van der Waals surface area contributed by atoms with Crippen molar-refractivity contribution in [1.29, 1.82) is 0 Å². The normalized spacial score (nSPS) is 14.8. The molecular weight excluding hydrogens is 326 g/mol. The van der Waals surface area contributed by atoms with E-state index in [-0.39, 0.29) is 18.4 Å². The van der Waals surface area contributed by atoms with Crippen molar-refractivity contribution >= 4 is 27.7 Å². The van der Waals surface area contributed by atoms with Crippen molar-refractivity contribution in [1.82, 2.24) is 4.90 Å². The topological polar surface area (TPSA) is 55.8 Å². The van der Waals surface area contributed by atoms with Crippen molar-refractivity contribution in [2.75, 3.05) is 26.1 Å². The maximum atomic E-state index is 12.2. The first-order valence-electron chi connectivity index (χ1n) is 6.20. The molecule has 1 aliphatic rings. The monoisotopic (exact) mass is 341 g/mol. The smallest absolute Gasteiger partial charge is 0.261 e. The lowest BCUT2D eigenvalue weighted by Crippen LogP contribution is -2.41. The van der Waals surface area contributed by atoms with Gasteiger partial charge in [-0.25, -0.2) is 0 Å². The van der Waals surface area contributed by atoms with Gasteiger partial charge in [0.2, 0.25) is 0 Å². The minimum Gasteiger partial charge on any atom is -0.352 e. The third-order valence-electron chi connectivity index (χ3n) is 3.54. The Morgan fingerprint density at radius 1 is 1.10 bits per heavy atom. The van der Waals surface area contributed by atoms with Gasteiger partial charge in [0.1, 0.15) is 0 Å². The summed E-state index contributed by atoms with van der Waals surface area (Å²) in [6.07, 6.45) is 0.400. The van der Waals surface area contributed by atoms with Crippen LogP contribution in [-0.2, 0) is 9.47 Å². The summed E-state index contributed by atoms with van der Waals surface area (Å²) in [6, 6.07) is 6.83. The number of carbonyl (C=O) groups excluding carboxylic acids is 2. The average Bonchev–Trinajstić information content (AvgIpc) is 2.74. The van der Waals surface area contributed by atoms with E-state index in [2.05, 4.69) is 15.9 Å². The third-order valence-corrected chi connectivity index (χ3v) is 4.40. The summed E-state index contributed by atoms with van der Waals surface area (Å²) in [5.41, 5.74) is 0.911. The molecule has 0 unspecified atom stereocenters. The van der Waals surface area contributed by atoms with E-state index in [4.69, 9.17) is 9.47 Å². The Hall–Kier alpha value is -1.24. The van der Waals surface area contributed by atoms with Crippen LogP contribution in [0.2, 0.25) is 0 Å². The summed E-state index contributed by atoms with van der Waals surface area (Å²) >= 11 is 3.32. The Kier molecular flexibility index (Phi) is 4.57. The van der Waals surface area contributed by atoms with E-state index in [1.165, 1.54) is 19.1 Å². The van der Waals surface area contributed by atoms with E-state index in [0.29, 0.717) is 22.9 Å². The fourth-order valence-corrected chi connectivity index (χ4v) is 2.93. The Morgan fingerprint density at radius 2 is 1.60 bits per heavy atom. The maximum Gasteiger partial charge on any atom is 0.261 e. The molecule has 1 aromatic rings. The van der Waals surface area contributed by atoms with Crippen LogP contribution in [0, 0.1) is 0 Å². The number of hydrogen-bond acceptors (Lipinski definition) is 4. The zero-order valence-corrected chi connectivity index (χ0v) is 13.0. The zero-order chi connectivity index (χ0) is 14.8. The predicted octanol–water partition coefficient (Wildman–Crippen LogP) is 2.06. The maximum absolute atomic E-state index is 12.2. The molecule has 0 spiro atoms. The number of fused-ring (bicyclic) bond motifs is 1. The highest BCUT2D eigenvalue weighted by Crippen LogP contribution is 2.25. The standard InChI is InChI=1S/C14H16BrNO4/c1-19-14(9-15,20-2)7-8-16-12(17)10-5-3-4-6-11(10)13(16)18/h3-6H,7-9H2,1-2H3. The van der Waals surface area contributed by atoms with Gasteiger partial charge in [-0.3, -0.25) is 14.5 Å². The van der Waals surface area contributed by atoms with Gasteiger partial charge < -0.3 is 9.47 Å². The number of imide groups is 1. The van der Waals surface area contributed by atoms with Crippen molar-refractivity contribution in [3.63, 3.8) is 0 Å². The van der Waals surface area contributed by atoms with Gasteiger partial charge >= 0.3 is 0 Å². The number of methoxy groups -OCH3 is 2. The molecule has 0 atom stereocenters. The van der Waals surface area contributed by atoms with Crippen LogP contribution >= 0.6 is 15.9 Å². The molecule has 0 aromatic heterocycles. The van der Waals surface area contributed by atoms with Crippen LogP contribution < -0.4 is 0 Å². The summed E-state index contributed by atoms with van der Waals surface area (Å²) in [5, 5.41) is 0.455. The summed E-state index contributed by atoms with van der Waals surface area (Å²) in [5.74, 6) is -1.36. The highest BCUT2D eigenvalue weighted by molar-refractivity contribution is 9.09. The minimum atomic E-state index is -0.838. The average molecular weight is 342 g/mol. The van der Waals surface area contributed by atoms with Crippen molar-refractivity contribution in [2.24, 2.45) is 0 Å². The van der Waals surface area contributed by atoms with E-state index in [1.807, 2.05) is 0 Å². The molecule has 1 aliphatic heterocycles. The quantitative estimate of drug-likeness (QED) is 0.451. The summed E-state index contributed by atoms with van der Waals surface area (Å²) in [6.45, 7) is 0.250. The highest BCUT2D eigenvalue weighted by Gasteiger charge is 2.37. The van der Waals surface area contributed by atoms with Gasteiger partial charge in [-0.2, -0.15) is 0 Å². The van der Waals surface area contributed by atoms with E-state index in [9.17, 15) is 9.59 Å². The lowest BCUT2D eigenvalue weighted by molar-refractivity contribution is -0.192. The number of hydrogen-bond donors (Lipinski definition) is 0. The fourth-order valence-electron chi connectivity index (χ4n) is 2.19. The van der Waals surface area contributed by atoms with Crippen LogP contribution in [0.5, 0.6) is 0 Å². The number of alkyl halides is 1. The van der Waals surface area contributed by atoms with Gasteiger partial charge in [-0.05, 0) is 12.1 Å². The van der Waals surface area contributed by atoms with E-state index in [1.54, 1.807) is 24.3 Å². The number of nitrogens with zero attached hydrogens (tertiary/aromatic N) is 1. The van der Waals surface area contributed by atoms with Gasteiger partial charge in [0, 0.05) is 27.2 Å². The van der Waals surface area contributed by atoms with Gasteiger partial charge in [-0.1, -0.05) is 28.1 Å². The van der Waals surface area contributed by atoms with Crippen LogP contribution in [0.15, 0.2) is 24.3 Å². The van der Waals surface area contributed by atoms with E-state index in [0.717, 1.165) is 0 Å². The number of carbonyl (C=O) groups is 2. The molecule has 20 heavy (non-hydrogen) atoms. The molecule has 0 aliphatic carbocycles. The molecular formula is C14H16BrNO4. The molecule has 0 saturated carbocycles. The van der Waals surface area contributed by atoms with E-state index < -0.39 is 5.79 Å². The minimum absolute atomic E-state index is 0.250. The Morgan fingerprint density at radius 3 is 2.00 bits per heavy atom. The molecule has 2 rings (SSSR count). The second-order valence-corrected chi connectivity index (χ2v) is 5.07. The number of ether oxygens (including phenoxy) is 2. The molecule has 6 heteroatoms. The van der Waals surface area contributed by atoms with Gasteiger partial charge in [0.25, 0.3) is 11.8 Å². The SMILES string of the molecule is COC(CBr)(CCN1C(=O)c2ccccc2C1=O)OC. The molecule has 1 aromatic carbocycles. The second-order valence-electron chi connectivity index (χ2n) is 4.51. The number of benzene rings is 1. The number of amides is 2. The molecule has 108 valence electrons. The molecule has 0 bridgehead atoms. The molecule has 2 amide bonds. The van der Waals surface area contributed by atoms with Crippen molar-refractivity contribution in [3.05, 3.63) is 35.4 Å². The molecule has 1 heterocycles. The van der Waals surface area contributed by atoms with Crippen molar-refractivity contribution in [2.45, 2.75) is 12.2 Å². The zero-order valence-electron chi connectivity index (χ0n) is 11.4. The highest BCUT2D eigenvalue weighted by atomic mass is 79.9. The summed E-state index contributed by atoms with van der Waals surface area (Å²) in [7, 11) is 3.07. The van der Waals surface area contributed by atoms with Crippen molar-refractivity contribution < 1.29 is 19.1 Å². The van der Waals surface area contributed by atoms with Crippen LogP contribution in [-0.4, -0.2) is 48.6 Å². The lowest BCUT2D eigenvalue weighted by atomic mass is 10.1. The molecule has 0 saturated heterocycles. The van der Waals surface area contributed by atoms with Crippen LogP contribution in [0.25, 0.3) is 0 Å². The summed E-state index contributed by atoms with van der Waals surface area (Å²) < 4.78 is 10.7. The second kappa shape index (κ2) is 6.03. The first-order chi connectivity index (χ1) is 9.58. The first kappa shape index (κ1) is 15.2. The molecule has 0 radical (unpaired) electrons. The predicted molar refractivity (Wildman–Crippen MR) is 77.0 cm³/mol. The largest absolute Gasteiger partial charge is 0.352 e. The van der Waals surface area contributed by atoms with Crippen molar-refractivity contribution in [3.8, 4) is 0 Å². The molecule has 0 N–H and O–H groups in total. The third kappa shape index (κ3) is 2.51. The number of rotatable bonds is 6. The Labute approximate surface area is 126 Å². The number of halogens is 1. The van der Waals surface area contributed by atoms with E-state index >= 15 is 0 Å².